The number of rotatable bonds is 2. The molecule has 0 saturated heterocycles. The van der Waals surface area contributed by atoms with E-state index in [1.165, 1.54) is 18.4 Å². The SMILES string of the molecule is BrCC1(c2cccc3c2OCO3)CC1. The molecule has 2 aliphatic rings. The average Bonchev–Trinajstić information content (AvgIpc) is 2.87. The van der Waals surface area contributed by atoms with Crippen molar-refractivity contribution in [1.82, 2.24) is 0 Å². The Morgan fingerprint density at radius 2 is 2.14 bits per heavy atom. The van der Waals surface area contributed by atoms with Crippen molar-refractivity contribution >= 4 is 15.9 Å². The second-order valence-electron chi connectivity index (χ2n) is 3.95. The molecule has 3 rings (SSSR count). The summed E-state index contributed by atoms with van der Waals surface area (Å²) in [6.45, 7) is 0.366. The zero-order chi connectivity index (χ0) is 9.60. The van der Waals surface area contributed by atoms with Gasteiger partial charge in [-0.2, -0.15) is 0 Å². The molecule has 0 atom stereocenters. The van der Waals surface area contributed by atoms with Crippen molar-refractivity contribution < 1.29 is 9.47 Å². The maximum atomic E-state index is 5.51. The Morgan fingerprint density at radius 3 is 2.86 bits per heavy atom. The summed E-state index contributed by atoms with van der Waals surface area (Å²) in [4.78, 5) is 0. The highest BCUT2D eigenvalue weighted by Gasteiger charge is 2.46. The van der Waals surface area contributed by atoms with E-state index in [1.807, 2.05) is 12.1 Å². The van der Waals surface area contributed by atoms with Gasteiger partial charge in [0.15, 0.2) is 11.5 Å². The van der Waals surface area contributed by atoms with Crippen LogP contribution in [0.5, 0.6) is 11.5 Å². The van der Waals surface area contributed by atoms with Crippen LogP contribution in [0, 0.1) is 0 Å². The first kappa shape index (κ1) is 8.60. The molecule has 0 aromatic heterocycles. The summed E-state index contributed by atoms with van der Waals surface area (Å²) < 4.78 is 10.9. The number of halogens is 1. The van der Waals surface area contributed by atoms with E-state index >= 15 is 0 Å². The minimum absolute atomic E-state index is 0.318. The highest BCUT2D eigenvalue weighted by atomic mass is 79.9. The maximum absolute atomic E-state index is 5.51. The van der Waals surface area contributed by atoms with Gasteiger partial charge in [-0.1, -0.05) is 28.1 Å². The Bertz CT molecular complexity index is 372. The van der Waals surface area contributed by atoms with Crippen LogP contribution in [-0.4, -0.2) is 12.1 Å². The first-order valence-electron chi connectivity index (χ1n) is 4.81. The minimum Gasteiger partial charge on any atom is -0.454 e. The zero-order valence-corrected chi connectivity index (χ0v) is 9.34. The van der Waals surface area contributed by atoms with E-state index in [9.17, 15) is 0 Å². The molecule has 1 aliphatic heterocycles. The predicted octanol–water partition coefficient (Wildman–Crippen LogP) is 2.84. The van der Waals surface area contributed by atoms with Gasteiger partial charge in [0.05, 0.1) is 0 Å². The molecule has 1 aromatic rings. The lowest BCUT2D eigenvalue weighted by Gasteiger charge is -2.14. The number of hydrogen-bond donors (Lipinski definition) is 0. The van der Waals surface area contributed by atoms with Gasteiger partial charge in [0.1, 0.15) is 0 Å². The fraction of sp³-hybridized carbons (Fsp3) is 0.455. The lowest BCUT2D eigenvalue weighted by molar-refractivity contribution is 0.173. The van der Waals surface area contributed by atoms with E-state index in [4.69, 9.17) is 9.47 Å². The molecule has 74 valence electrons. The van der Waals surface area contributed by atoms with Crippen LogP contribution in [0.4, 0.5) is 0 Å². The highest BCUT2D eigenvalue weighted by molar-refractivity contribution is 9.09. The number of benzene rings is 1. The standard InChI is InChI=1S/C11H11BrO2/c12-6-11(4-5-11)8-2-1-3-9-10(8)14-7-13-9/h1-3H,4-7H2. The van der Waals surface area contributed by atoms with E-state index < -0.39 is 0 Å². The Labute approximate surface area is 91.3 Å². The Hall–Kier alpha value is -0.700. The third-order valence-electron chi connectivity index (χ3n) is 3.08. The van der Waals surface area contributed by atoms with E-state index in [0.717, 1.165) is 16.8 Å². The molecule has 1 saturated carbocycles. The molecular weight excluding hydrogens is 244 g/mol. The van der Waals surface area contributed by atoms with Crippen molar-refractivity contribution in [3.05, 3.63) is 23.8 Å². The van der Waals surface area contributed by atoms with Crippen LogP contribution in [0.1, 0.15) is 18.4 Å². The number of ether oxygens (including phenoxy) is 2. The van der Waals surface area contributed by atoms with Crippen molar-refractivity contribution in [3.63, 3.8) is 0 Å². The summed E-state index contributed by atoms with van der Waals surface area (Å²) in [5, 5.41) is 1.01. The quantitative estimate of drug-likeness (QED) is 0.756. The van der Waals surface area contributed by atoms with Gasteiger partial charge in [0, 0.05) is 16.3 Å². The smallest absolute Gasteiger partial charge is 0.231 e. The monoisotopic (exact) mass is 254 g/mol. The van der Waals surface area contributed by atoms with Crippen molar-refractivity contribution in [2.24, 2.45) is 0 Å². The summed E-state index contributed by atoms with van der Waals surface area (Å²) in [5.41, 5.74) is 1.63. The summed E-state index contributed by atoms with van der Waals surface area (Å²) in [5.74, 6) is 1.86. The number of para-hydroxylation sites is 1. The lowest BCUT2D eigenvalue weighted by atomic mass is 9.97. The summed E-state index contributed by atoms with van der Waals surface area (Å²) in [6.07, 6.45) is 2.50. The first-order chi connectivity index (χ1) is 6.86. The molecule has 3 heteroatoms. The molecule has 0 N–H and O–H groups in total. The normalized spacial score (nSPS) is 20.9. The maximum Gasteiger partial charge on any atom is 0.231 e. The second-order valence-corrected chi connectivity index (χ2v) is 4.51. The fourth-order valence-corrected chi connectivity index (χ4v) is 2.84. The number of fused-ring (bicyclic) bond motifs is 1. The number of alkyl halides is 1. The van der Waals surface area contributed by atoms with Gasteiger partial charge in [-0.15, -0.1) is 0 Å². The zero-order valence-electron chi connectivity index (χ0n) is 7.75. The van der Waals surface area contributed by atoms with Gasteiger partial charge < -0.3 is 9.47 Å². The molecule has 1 heterocycles. The van der Waals surface area contributed by atoms with Crippen LogP contribution < -0.4 is 9.47 Å². The van der Waals surface area contributed by atoms with Gasteiger partial charge in [0.25, 0.3) is 0 Å². The summed E-state index contributed by atoms with van der Waals surface area (Å²) in [7, 11) is 0. The van der Waals surface area contributed by atoms with Crippen LogP contribution in [0.25, 0.3) is 0 Å². The largest absolute Gasteiger partial charge is 0.454 e. The summed E-state index contributed by atoms with van der Waals surface area (Å²) in [6, 6.07) is 6.17. The molecular formula is C11H11BrO2. The Morgan fingerprint density at radius 1 is 1.29 bits per heavy atom. The molecule has 2 nitrogen and oxygen atoms in total. The average molecular weight is 255 g/mol. The van der Waals surface area contributed by atoms with Crippen molar-refractivity contribution in [1.29, 1.82) is 0 Å². The van der Waals surface area contributed by atoms with Crippen LogP contribution in [0.3, 0.4) is 0 Å². The van der Waals surface area contributed by atoms with Crippen molar-refractivity contribution in [2.45, 2.75) is 18.3 Å². The minimum atomic E-state index is 0.318. The van der Waals surface area contributed by atoms with Gasteiger partial charge >= 0.3 is 0 Å². The lowest BCUT2D eigenvalue weighted by Crippen LogP contribution is -2.08. The molecule has 0 bridgehead atoms. The van der Waals surface area contributed by atoms with E-state index in [0.29, 0.717) is 12.2 Å². The molecule has 1 aliphatic carbocycles. The van der Waals surface area contributed by atoms with Crippen LogP contribution in [0.2, 0.25) is 0 Å². The molecule has 0 amide bonds. The van der Waals surface area contributed by atoms with Crippen LogP contribution >= 0.6 is 15.9 Å². The highest BCUT2D eigenvalue weighted by Crippen LogP contribution is 2.54. The molecule has 0 unspecified atom stereocenters. The van der Waals surface area contributed by atoms with Crippen molar-refractivity contribution in [3.8, 4) is 11.5 Å². The molecule has 1 aromatic carbocycles. The Kier molecular flexibility index (Phi) is 1.78. The van der Waals surface area contributed by atoms with Gasteiger partial charge in [-0.05, 0) is 18.9 Å². The predicted molar refractivity (Wildman–Crippen MR) is 57.3 cm³/mol. The van der Waals surface area contributed by atoms with E-state index in [-0.39, 0.29) is 0 Å². The Balaban J connectivity index is 2.10. The van der Waals surface area contributed by atoms with Crippen LogP contribution in [0.15, 0.2) is 18.2 Å². The van der Waals surface area contributed by atoms with Crippen molar-refractivity contribution in [2.75, 3.05) is 12.1 Å². The van der Waals surface area contributed by atoms with E-state index in [1.54, 1.807) is 0 Å². The van der Waals surface area contributed by atoms with E-state index in [2.05, 4.69) is 22.0 Å². The molecule has 0 spiro atoms. The fourth-order valence-electron chi connectivity index (χ4n) is 1.97. The molecule has 1 fully saturated rings. The number of hydrogen-bond acceptors (Lipinski definition) is 2. The third-order valence-corrected chi connectivity index (χ3v) is 4.15. The third kappa shape index (κ3) is 1.08. The van der Waals surface area contributed by atoms with Crippen LogP contribution in [-0.2, 0) is 5.41 Å². The van der Waals surface area contributed by atoms with Gasteiger partial charge in [-0.25, -0.2) is 0 Å². The second kappa shape index (κ2) is 2.89. The van der Waals surface area contributed by atoms with Gasteiger partial charge in [0.2, 0.25) is 6.79 Å². The first-order valence-corrected chi connectivity index (χ1v) is 5.93. The molecule has 0 radical (unpaired) electrons. The molecule has 14 heavy (non-hydrogen) atoms. The van der Waals surface area contributed by atoms with Gasteiger partial charge in [-0.3, -0.25) is 0 Å². The summed E-state index contributed by atoms with van der Waals surface area (Å²) >= 11 is 3.58. The topological polar surface area (TPSA) is 18.5 Å².